The van der Waals surface area contributed by atoms with Crippen molar-refractivity contribution in [3.63, 3.8) is 0 Å². The molecule has 1 aliphatic rings. The van der Waals surface area contributed by atoms with Gasteiger partial charge >= 0.3 is 5.69 Å². The smallest absolute Gasteiger partial charge is 0.333 e. The van der Waals surface area contributed by atoms with Gasteiger partial charge in [-0.25, -0.2) is 9.36 Å². The van der Waals surface area contributed by atoms with Crippen molar-refractivity contribution in [3.8, 4) is 0 Å². The molecule has 25 heavy (non-hydrogen) atoms. The second-order valence-electron chi connectivity index (χ2n) is 6.38. The van der Waals surface area contributed by atoms with Gasteiger partial charge in [0.25, 0.3) is 5.56 Å². The van der Waals surface area contributed by atoms with Crippen molar-refractivity contribution in [2.75, 3.05) is 36.9 Å². The van der Waals surface area contributed by atoms with Crippen LogP contribution in [0.25, 0.3) is 0 Å². The van der Waals surface area contributed by atoms with Crippen molar-refractivity contribution >= 4 is 17.4 Å². The molecule has 0 aromatic carbocycles. The van der Waals surface area contributed by atoms with Crippen LogP contribution < -0.4 is 27.2 Å². The molecule has 0 radical (unpaired) electrons. The normalized spacial score (nSPS) is 14.8. The van der Waals surface area contributed by atoms with Gasteiger partial charge < -0.3 is 20.7 Å². The Kier molecular flexibility index (Phi) is 6.24. The second-order valence-corrected chi connectivity index (χ2v) is 6.38. The van der Waals surface area contributed by atoms with Crippen LogP contribution in [0.2, 0.25) is 0 Å². The first kappa shape index (κ1) is 19.0. The Labute approximate surface area is 146 Å². The lowest BCUT2D eigenvalue weighted by atomic mass is 10.3. The molecule has 1 amide bonds. The summed E-state index contributed by atoms with van der Waals surface area (Å²) in [6, 6.07) is -0.0754. The third-order valence-electron chi connectivity index (χ3n) is 3.97. The summed E-state index contributed by atoms with van der Waals surface area (Å²) in [7, 11) is 0. The number of nitrogens with zero attached hydrogens (tertiary/aromatic N) is 3. The summed E-state index contributed by atoms with van der Waals surface area (Å²) < 4.78 is 7.65. The number of amides is 1. The second kappa shape index (κ2) is 8.19. The zero-order chi connectivity index (χ0) is 18.6. The highest BCUT2D eigenvalue weighted by atomic mass is 16.5. The summed E-state index contributed by atoms with van der Waals surface area (Å²) in [6.45, 7) is 7.62. The molecule has 0 saturated carbocycles. The number of carbonyl (C=O) groups excluding carboxylic acids is 1. The van der Waals surface area contributed by atoms with E-state index in [0.717, 1.165) is 4.57 Å². The molecule has 140 valence electrons. The first-order chi connectivity index (χ1) is 11.9. The van der Waals surface area contributed by atoms with E-state index in [1.807, 2.05) is 25.7 Å². The number of nitrogen functional groups attached to an aromatic ring is 1. The molecule has 2 rings (SSSR count). The Hall–Kier alpha value is -2.29. The molecule has 1 aromatic heterocycles. The van der Waals surface area contributed by atoms with Crippen LogP contribution in [0.4, 0.5) is 11.5 Å². The Balaban J connectivity index is 2.53. The molecule has 9 nitrogen and oxygen atoms in total. The van der Waals surface area contributed by atoms with Gasteiger partial charge in [-0.1, -0.05) is 6.92 Å². The molecule has 1 fully saturated rings. The van der Waals surface area contributed by atoms with Crippen molar-refractivity contribution < 1.29 is 9.53 Å². The molecule has 9 heteroatoms. The van der Waals surface area contributed by atoms with Crippen LogP contribution in [0.15, 0.2) is 9.59 Å². The molecular formula is C16H27N5O4. The Morgan fingerprint density at radius 3 is 2.44 bits per heavy atom. The molecule has 1 aliphatic heterocycles. The molecule has 2 heterocycles. The van der Waals surface area contributed by atoms with E-state index in [4.69, 9.17) is 10.5 Å². The van der Waals surface area contributed by atoms with Gasteiger partial charge in [-0.2, -0.15) is 0 Å². The molecule has 0 atom stereocenters. The van der Waals surface area contributed by atoms with Crippen molar-refractivity contribution in [2.24, 2.45) is 0 Å². The minimum Gasteiger partial charge on any atom is -0.383 e. The van der Waals surface area contributed by atoms with Gasteiger partial charge in [-0.15, -0.1) is 0 Å². The largest absolute Gasteiger partial charge is 0.383 e. The highest BCUT2D eigenvalue weighted by molar-refractivity contribution is 5.76. The number of carbonyl (C=O) groups is 1. The van der Waals surface area contributed by atoms with E-state index in [-0.39, 0.29) is 30.0 Å². The van der Waals surface area contributed by atoms with Gasteiger partial charge in [0.15, 0.2) is 0 Å². The van der Waals surface area contributed by atoms with Gasteiger partial charge in [-0.3, -0.25) is 14.2 Å². The fraction of sp³-hybridized carbons (Fsp3) is 0.688. The van der Waals surface area contributed by atoms with Crippen molar-refractivity contribution in [3.05, 3.63) is 20.8 Å². The van der Waals surface area contributed by atoms with E-state index < -0.39 is 11.2 Å². The summed E-state index contributed by atoms with van der Waals surface area (Å²) in [5, 5.41) is 2.70. The predicted molar refractivity (Wildman–Crippen MR) is 96.0 cm³/mol. The van der Waals surface area contributed by atoms with Gasteiger partial charge in [0.05, 0.1) is 13.2 Å². The van der Waals surface area contributed by atoms with Crippen molar-refractivity contribution in [1.29, 1.82) is 0 Å². The number of morpholine rings is 1. The average molecular weight is 353 g/mol. The lowest BCUT2D eigenvalue weighted by molar-refractivity contribution is -0.122. The van der Waals surface area contributed by atoms with Crippen LogP contribution in [0, 0.1) is 0 Å². The van der Waals surface area contributed by atoms with Gasteiger partial charge in [0.2, 0.25) is 5.91 Å². The van der Waals surface area contributed by atoms with E-state index in [0.29, 0.717) is 39.3 Å². The number of nitrogens with one attached hydrogen (secondary N) is 1. The van der Waals surface area contributed by atoms with E-state index >= 15 is 0 Å². The maximum absolute atomic E-state index is 12.9. The maximum Gasteiger partial charge on any atom is 0.333 e. The third-order valence-corrected chi connectivity index (χ3v) is 3.97. The lowest BCUT2D eigenvalue weighted by Gasteiger charge is -2.30. The fourth-order valence-electron chi connectivity index (χ4n) is 2.88. The number of hydrogen-bond donors (Lipinski definition) is 2. The van der Waals surface area contributed by atoms with Gasteiger partial charge in [0.1, 0.15) is 18.1 Å². The zero-order valence-electron chi connectivity index (χ0n) is 15.1. The minimum absolute atomic E-state index is 0.0754. The molecular weight excluding hydrogens is 326 g/mol. The van der Waals surface area contributed by atoms with E-state index in [1.54, 1.807) is 0 Å². The van der Waals surface area contributed by atoms with Gasteiger partial charge in [-0.05, 0) is 20.3 Å². The topological polar surface area (TPSA) is 112 Å². The number of ether oxygens (including phenoxy) is 1. The van der Waals surface area contributed by atoms with E-state index in [1.165, 1.54) is 4.57 Å². The molecule has 0 spiro atoms. The van der Waals surface area contributed by atoms with E-state index in [9.17, 15) is 14.4 Å². The molecule has 1 saturated heterocycles. The molecule has 1 aromatic rings. The summed E-state index contributed by atoms with van der Waals surface area (Å²) in [5.74, 6) is -0.228. The molecule has 0 aliphatic carbocycles. The number of anilines is 2. The van der Waals surface area contributed by atoms with Crippen LogP contribution in [-0.2, 0) is 22.6 Å². The number of hydrogen-bond acceptors (Lipinski definition) is 6. The van der Waals surface area contributed by atoms with Crippen LogP contribution in [0.3, 0.4) is 0 Å². The summed E-state index contributed by atoms with van der Waals surface area (Å²) in [5.41, 5.74) is 5.33. The van der Waals surface area contributed by atoms with Gasteiger partial charge in [0, 0.05) is 25.7 Å². The summed E-state index contributed by atoms with van der Waals surface area (Å²) >= 11 is 0. The quantitative estimate of drug-likeness (QED) is 0.704. The highest BCUT2D eigenvalue weighted by Gasteiger charge is 2.24. The molecule has 0 unspecified atom stereocenters. The predicted octanol–water partition coefficient (Wildman–Crippen LogP) is -0.637. The van der Waals surface area contributed by atoms with Crippen LogP contribution in [0.5, 0.6) is 0 Å². The van der Waals surface area contributed by atoms with E-state index in [2.05, 4.69) is 5.32 Å². The summed E-state index contributed by atoms with van der Waals surface area (Å²) in [6.07, 6.45) is 0.684. The van der Waals surface area contributed by atoms with Crippen LogP contribution >= 0.6 is 0 Å². The molecule has 0 bridgehead atoms. The Morgan fingerprint density at radius 2 is 1.88 bits per heavy atom. The fourth-order valence-corrected chi connectivity index (χ4v) is 2.88. The van der Waals surface area contributed by atoms with Crippen LogP contribution in [-0.4, -0.2) is 47.4 Å². The lowest BCUT2D eigenvalue weighted by Crippen LogP contribution is -2.49. The number of aromatic nitrogens is 2. The van der Waals surface area contributed by atoms with Crippen molar-refractivity contribution in [2.45, 2.75) is 46.3 Å². The first-order valence-corrected chi connectivity index (χ1v) is 8.62. The zero-order valence-corrected chi connectivity index (χ0v) is 15.1. The number of nitrogens with two attached hydrogens (primary N) is 1. The van der Waals surface area contributed by atoms with Crippen molar-refractivity contribution in [1.82, 2.24) is 14.5 Å². The Bertz CT molecular complexity index is 731. The van der Waals surface area contributed by atoms with Crippen LogP contribution in [0.1, 0.15) is 27.2 Å². The SMILES string of the molecule is CCCn1c(N)c(N2CCOCC2)c(=O)n(CC(=O)NC(C)C)c1=O. The molecule has 3 N–H and O–H groups in total. The number of rotatable bonds is 6. The minimum atomic E-state index is -0.555. The maximum atomic E-state index is 12.9. The summed E-state index contributed by atoms with van der Waals surface area (Å²) in [4.78, 5) is 39.5. The first-order valence-electron chi connectivity index (χ1n) is 8.62. The monoisotopic (exact) mass is 353 g/mol. The highest BCUT2D eigenvalue weighted by Crippen LogP contribution is 2.18. The third kappa shape index (κ3) is 4.22. The average Bonchev–Trinajstić information content (AvgIpc) is 2.56. The standard InChI is InChI=1S/C16H27N5O4/c1-4-5-20-14(17)13(19-6-8-25-9-7-19)15(23)21(16(20)24)10-12(22)18-11(2)3/h11H,4-10,17H2,1-3H3,(H,18,22). The Morgan fingerprint density at radius 1 is 1.24 bits per heavy atom.